The molecule has 8 heteroatoms. The summed E-state index contributed by atoms with van der Waals surface area (Å²) in [5.74, 6) is 1.93. The van der Waals surface area contributed by atoms with Crippen LogP contribution in [0.1, 0.15) is 11.3 Å². The number of thiol groups is 1. The zero-order valence-electron chi connectivity index (χ0n) is 16.4. The fraction of sp³-hybridized carbons (Fsp3) is 0.200. The molecule has 3 aromatic rings. The van der Waals surface area contributed by atoms with Crippen LogP contribution >= 0.6 is 0 Å². The number of benzene rings is 2. The van der Waals surface area contributed by atoms with Gasteiger partial charge in [0.05, 0.1) is 7.11 Å². The Labute approximate surface area is 165 Å². The third-order valence-electron chi connectivity index (χ3n) is 4.36. The van der Waals surface area contributed by atoms with Crippen molar-refractivity contribution >= 4 is 33.3 Å². The van der Waals surface area contributed by atoms with Crippen LogP contribution in [-0.2, 0) is 10.1 Å². The SMILES string of the molecule is COc1ccc(Nc2nc(C)c(C)c(Nc3cccc([SH](C)(N)=O)c3)n2)cc1. The molecule has 1 aromatic heterocycles. The second-order valence-electron chi connectivity index (χ2n) is 6.63. The zero-order valence-corrected chi connectivity index (χ0v) is 17.2. The summed E-state index contributed by atoms with van der Waals surface area (Å²) in [5, 5.41) is 12.3. The summed E-state index contributed by atoms with van der Waals surface area (Å²) >= 11 is 0. The molecule has 0 spiro atoms. The van der Waals surface area contributed by atoms with Gasteiger partial charge in [0.2, 0.25) is 5.95 Å². The van der Waals surface area contributed by atoms with Crippen LogP contribution < -0.4 is 20.5 Å². The highest BCUT2D eigenvalue weighted by molar-refractivity contribution is 8.00. The number of ether oxygens (including phenoxy) is 1. The van der Waals surface area contributed by atoms with Crippen LogP contribution in [-0.4, -0.2) is 27.5 Å². The number of aryl methyl sites for hydroxylation is 1. The number of rotatable bonds is 6. The third kappa shape index (κ3) is 4.65. The Bertz CT molecular complexity index is 1030. The number of nitrogens with two attached hydrogens (primary N) is 1. The first kappa shape index (κ1) is 19.8. The van der Waals surface area contributed by atoms with E-state index < -0.39 is 10.1 Å². The van der Waals surface area contributed by atoms with Gasteiger partial charge >= 0.3 is 0 Å². The summed E-state index contributed by atoms with van der Waals surface area (Å²) in [4.78, 5) is 9.71. The van der Waals surface area contributed by atoms with Gasteiger partial charge in [-0.2, -0.15) is 4.98 Å². The molecule has 0 saturated heterocycles. The van der Waals surface area contributed by atoms with Crippen molar-refractivity contribution in [1.29, 1.82) is 0 Å². The van der Waals surface area contributed by atoms with Crippen molar-refractivity contribution in [2.24, 2.45) is 5.14 Å². The summed E-state index contributed by atoms with van der Waals surface area (Å²) in [7, 11) is -1.20. The minimum Gasteiger partial charge on any atom is -0.497 e. The lowest BCUT2D eigenvalue weighted by Crippen LogP contribution is -2.20. The highest BCUT2D eigenvalue weighted by atomic mass is 32.3. The van der Waals surface area contributed by atoms with Crippen LogP contribution in [0.3, 0.4) is 0 Å². The molecule has 7 nitrogen and oxygen atoms in total. The van der Waals surface area contributed by atoms with E-state index in [4.69, 9.17) is 9.88 Å². The molecule has 0 bridgehead atoms. The standard InChI is InChI=1S/C20H25N5O2S/c1-13-14(2)22-20(24-15-8-10-17(27-3)11-9-15)25-19(13)23-16-6-5-7-18(12-16)28(4,21)26/h5-12,28H,1-4H3,(H2,21,26)(H2,22,23,24,25). The van der Waals surface area contributed by atoms with E-state index in [1.807, 2.05) is 50.2 Å². The highest BCUT2D eigenvalue weighted by Gasteiger charge is 2.11. The maximum Gasteiger partial charge on any atom is 0.229 e. The molecule has 0 saturated carbocycles. The van der Waals surface area contributed by atoms with Crippen molar-refractivity contribution in [3.63, 3.8) is 0 Å². The number of nitrogens with one attached hydrogen (secondary N) is 2. The molecule has 3 rings (SSSR count). The topological polar surface area (TPSA) is 102 Å². The lowest BCUT2D eigenvalue weighted by atomic mass is 10.2. The van der Waals surface area contributed by atoms with E-state index in [9.17, 15) is 4.21 Å². The van der Waals surface area contributed by atoms with Gasteiger partial charge in [-0.05, 0) is 66.4 Å². The summed E-state index contributed by atoms with van der Waals surface area (Å²) in [6.07, 6.45) is 1.54. The minimum atomic E-state index is -2.83. The third-order valence-corrected chi connectivity index (χ3v) is 5.66. The summed E-state index contributed by atoms with van der Waals surface area (Å²) in [6.45, 7) is 3.88. The van der Waals surface area contributed by atoms with Gasteiger partial charge < -0.3 is 15.4 Å². The number of aromatic nitrogens is 2. The molecule has 2 aromatic carbocycles. The average molecular weight is 400 g/mol. The largest absolute Gasteiger partial charge is 0.497 e. The Kier molecular flexibility index (Phi) is 5.62. The van der Waals surface area contributed by atoms with Crippen molar-refractivity contribution in [1.82, 2.24) is 9.97 Å². The first-order valence-electron chi connectivity index (χ1n) is 8.76. The Balaban J connectivity index is 1.88. The predicted octanol–water partition coefficient (Wildman–Crippen LogP) is 3.47. The van der Waals surface area contributed by atoms with Crippen LogP contribution in [0.15, 0.2) is 53.4 Å². The highest BCUT2D eigenvalue weighted by Crippen LogP contribution is 2.25. The molecule has 0 radical (unpaired) electrons. The summed E-state index contributed by atoms with van der Waals surface area (Å²) in [6, 6.07) is 14.8. The van der Waals surface area contributed by atoms with Gasteiger partial charge in [-0.1, -0.05) is 6.07 Å². The van der Waals surface area contributed by atoms with E-state index in [0.717, 1.165) is 28.4 Å². The van der Waals surface area contributed by atoms with Crippen molar-refractivity contribution in [2.75, 3.05) is 24.0 Å². The maximum atomic E-state index is 12.2. The van der Waals surface area contributed by atoms with E-state index in [0.29, 0.717) is 16.7 Å². The number of hydrogen-bond donors (Lipinski definition) is 4. The molecule has 148 valence electrons. The average Bonchev–Trinajstić information content (AvgIpc) is 2.66. The predicted molar refractivity (Wildman–Crippen MR) is 115 cm³/mol. The lowest BCUT2D eigenvalue weighted by molar-refractivity contribution is 0.415. The molecule has 28 heavy (non-hydrogen) atoms. The molecular weight excluding hydrogens is 374 g/mol. The van der Waals surface area contributed by atoms with Gasteiger partial charge in [0.25, 0.3) is 0 Å². The molecule has 0 unspecified atom stereocenters. The van der Waals surface area contributed by atoms with E-state index in [2.05, 4.69) is 20.6 Å². The van der Waals surface area contributed by atoms with Gasteiger partial charge in [0.15, 0.2) is 0 Å². The van der Waals surface area contributed by atoms with Gasteiger partial charge in [-0.25, -0.2) is 4.98 Å². The van der Waals surface area contributed by atoms with Gasteiger partial charge in [0.1, 0.15) is 11.6 Å². The van der Waals surface area contributed by atoms with Crippen LogP contribution in [0.4, 0.5) is 23.1 Å². The first-order valence-corrected chi connectivity index (χ1v) is 11.0. The summed E-state index contributed by atoms with van der Waals surface area (Å²) < 4.78 is 17.3. The van der Waals surface area contributed by atoms with Gasteiger partial charge in [0, 0.05) is 33.8 Å². The molecule has 0 aliphatic carbocycles. The lowest BCUT2D eigenvalue weighted by Gasteiger charge is -2.16. The molecule has 4 N–H and O–H groups in total. The second kappa shape index (κ2) is 7.95. The molecule has 1 heterocycles. The maximum absolute atomic E-state index is 12.2. The molecule has 0 aliphatic rings. The van der Waals surface area contributed by atoms with E-state index >= 15 is 0 Å². The van der Waals surface area contributed by atoms with Crippen LogP contribution in [0, 0.1) is 13.8 Å². The van der Waals surface area contributed by atoms with E-state index in [1.165, 1.54) is 0 Å². The Morgan fingerprint density at radius 2 is 1.71 bits per heavy atom. The Morgan fingerprint density at radius 1 is 1.00 bits per heavy atom. The number of hydrogen-bond acceptors (Lipinski definition) is 6. The molecular formula is C20H25N5O2S. The minimum absolute atomic E-state index is 0.479. The number of nitrogens with zero attached hydrogens (tertiary/aromatic N) is 2. The molecule has 0 aliphatic heterocycles. The van der Waals surface area contributed by atoms with Crippen molar-refractivity contribution in [3.8, 4) is 5.75 Å². The van der Waals surface area contributed by atoms with Crippen LogP contribution in [0.2, 0.25) is 0 Å². The van der Waals surface area contributed by atoms with Crippen LogP contribution in [0.25, 0.3) is 0 Å². The molecule has 0 fully saturated rings. The van der Waals surface area contributed by atoms with Crippen molar-refractivity contribution < 1.29 is 8.95 Å². The second-order valence-corrected chi connectivity index (χ2v) is 9.12. The monoisotopic (exact) mass is 399 g/mol. The number of anilines is 4. The van der Waals surface area contributed by atoms with Gasteiger partial charge in [-0.3, -0.25) is 9.35 Å². The first-order chi connectivity index (χ1) is 13.3. The summed E-state index contributed by atoms with van der Waals surface area (Å²) in [5.41, 5.74) is 3.40. The van der Waals surface area contributed by atoms with E-state index in [1.54, 1.807) is 25.5 Å². The van der Waals surface area contributed by atoms with E-state index in [-0.39, 0.29) is 0 Å². The smallest absolute Gasteiger partial charge is 0.229 e. The molecule has 0 atom stereocenters. The Morgan fingerprint density at radius 3 is 2.36 bits per heavy atom. The normalized spacial score (nSPS) is 11.8. The van der Waals surface area contributed by atoms with Gasteiger partial charge in [-0.15, -0.1) is 0 Å². The quantitative estimate of drug-likeness (QED) is 0.474. The number of methoxy groups -OCH3 is 1. The zero-order chi connectivity index (χ0) is 20.3. The van der Waals surface area contributed by atoms with Crippen LogP contribution in [0.5, 0.6) is 5.75 Å². The fourth-order valence-corrected chi connectivity index (χ4v) is 3.38. The Hall–Kier alpha value is -2.97. The fourth-order valence-electron chi connectivity index (χ4n) is 2.61. The van der Waals surface area contributed by atoms with Crippen molar-refractivity contribution in [2.45, 2.75) is 18.7 Å². The molecule has 0 amide bonds. The van der Waals surface area contributed by atoms with Crippen molar-refractivity contribution in [3.05, 3.63) is 59.8 Å².